The molecule has 0 saturated heterocycles. The third-order valence-corrected chi connectivity index (χ3v) is 2.68. The van der Waals surface area contributed by atoms with Crippen molar-refractivity contribution in [2.45, 2.75) is 27.3 Å². The molecule has 0 saturated carbocycles. The Kier molecular flexibility index (Phi) is 3.87. The van der Waals surface area contributed by atoms with E-state index < -0.39 is 0 Å². The number of aromatic nitrogens is 1. The van der Waals surface area contributed by atoms with Crippen LogP contribution in [0, 0.1) is 13.8 Å². The van der Waals surface area contributed by atoms with Crippen LogP contribution < -0.4 is 10.1 Å². The molecule has 1 N–H and O–H groups in total. The number of hydrogen-bond acceptors (Lipinski definition) is 4. The van der Waals surface area contributed by atoms with Crippen LogP contribution >= 0.6 is 0 Å². The van der Waals surface area contributed by atoms with Crippen LogP contribution in [0.5, 0.6) is 5.75 Å². The molecule has 0 aliphatic carbocycles. The van der Waals surface area contributed by atoms with E-state index in [9.17, 15) is 0 Å². The van der Waals surface area contributed by atoms with E-state index in [-0.39, 0.29) is 0 Å². The fourth-order valence-corrected chi connectivity index (χ4v) is 1.63. The van der Waals surface area contributed by atoms with Crippen LogP contribution in [0.15, 0.2) is 28.7 Å². The number of oxazole rings is 1. The molecule has 4 heteroatoms. The van der Waals surface area contributed by atoms with E-state index in [1.165, 1.54) is 0 Å². The molecule has 4 nitrogen and oxygen atoms in total. The molecule has 1 heterocycles. The Morgan fingerprint density at radius 3 is 2.50 bits per heavy atom. The van der Waals surface area contributed by atoms with Crippen LogP contribution in [0.2, 0.25) is 0 Å². The van der Waals surface area contributed by atoms with Crippen molar-refractivity contribution in [3.05, 3.63) is 41.6 Å². The first-order valence-electron chi connectivity index (χ1n) is 6.08. The van der Waals surface area contributed by atoms with Gasteiger partial charge in [-0.3, -0.25) is 0 Å². The van der Waals surface area contributed by atoms with Crippen LogP contribution in [0.4, 0.5) is 5.69 Å². The number of nitrogens with one attached hydrogen (secondary N) is 1. The highest BCUT2D eigenvalue weighted by Crippen LogP contribution is 2.16. The first-order valence-corrected chi connectivity index (χ1v) is 6.08. The lowest BCUT2D eigenvalue weighted by atomic mass is 10.3. The predicted molar refractivity (Wildman–Crippen MR) is 70.9 cm³/mol. The van der Waals surface area contributed by atoms with Crippen molar-refractivity contribution >= 4 is 5.69 Å². The molecule has 0 fully saturated rings. The molecule has 0 amide bonds. The Bertz CT molecular complexity index is 484. The number of rotatable bonds is 5. The zero-order valence-corrected chi connectivity index (χ0v) is 11.0. The Balaban J connectivity index is 1.93. The molecule has 0 radical (unpaired) electrons. The highest BCUT2D eigenvalue weighted by molar-refractivity contribution is 5.46. The van der Waals surface area contributed by atoms with Crippen LogP contribution in [-0.2, 0) is 6.54 Å². The van der Waals surface area contributed by atoms with Crippen molar-refractivity contribution in [3.8, 4) is 5.75 Å². The summed E-state index contributed by atoms with van der Waals surface area (Å²) >= 11 is 0. The Morgan fingerprint density at radius 2 is 1.94 bits per heavy atom. The summed E-state index contributed by atoms with van der Waals surface area (Å²) in [6.45, 7) is 7.10. The predicted octanol–water partition coefficient (Wildman–Crippen LogP) is 3.30. The highest BCUT2D eigenvalue weighted by Gasteiger charge is 2.04. The lowest BCUT2D eigenvalue weighted by molar-refractivity contribution is 0.340. The van der Waals surface area contributed by atoms with Crippen molar-refractivity contribution in [2.24, 2.45) is 0 Å². The third-order valence-electron chi connectivity index (χ3n) is 2.68. The summed E-state index contributed by atoms with van der Waals surface area (Å²) in [5.41, 5.74) is 1.96. The van der Waals surface area contributed by atoms with Gasteiger partial charge in [0.1, 0.15) is 11.5 Å². The standard InChI is InChI=1S/C14H18N2O2/c1-4-17-13-7-5-12(6-8-13)15-9-14-16-10(2)11(3)18-14/h5-8,15H,4,9H2,1-3H3. The summed E-state index contributed by atoms with van der Waals surface area (Å²) in [5, 5.41) is 3.26. The Hall–Kier alpha value is -1.97. The van der Waals surface area contributed by atoms with E-state index in [4.69, 9.17) is 9.15 Å². The van der Waals surface area contributed by atoms with Crippen molar-refractivity contribution in [1.82, 2.24) is 4.98 Å². The molecule has 0 unspecified atom stereocenters. The van der Waals surface area contributed by atoms with Gasteiger partial charge in [-0.2, -0.15) is 0 Å². The number of ether oxygens (including phenoxy) is 1. The smallest absolute Gasteiger partial charge is 0.213 e. The Morgan fingerprint density at radius 1 is 1.22 bits per heavy atom. The number of aryl methyl sites for hydroxylation is 2. The van der Waals surface area contributed by atoms with Gasteiger partial charge < -0.3 is 14.5 Å². The van der Waals surface area contributed by atoms with E-state index >= 15 is 0 Å². The SMILES string of the molecule is CCOc1ccc(NCc2nc(C)c(C)o2)cc1. The summed E-state index contributed by atoms with van der Waals surface area (Å²) in [6, 6.07) is 7.84. The second kappa shape index (κ2) is 5.58. The molecule has 18 heavy (non-hydrogen) atoms. The number of hydrogen-bond donors (Lipinski definition) is 1. The summed E-state index contributed by atoms with van der Waals surface area (Å²) in [7, 11) is 0. The average Bonchev–Trinajstić information content (AvgIpc) is 2.68. The quantitative estimate of drug-likeness (QED) is 0.879. The second-order valence-corrected chi connectivity index (χ2v) is 4.06. The van der Waals surface area contributed by atoms with E-state index in [1.54, 1.807) is 0 Å². The summed E-state index contributed by atoms with van der Waals surface area (Å²) in [5.74, 6) is 2.46. The first-order chi connectivity index (χ1) is 8.69. The van der Waals surface area contributed by atoms with Gasteiger partial charge >= 0.3 is 0 Å². The lowest BCUT2D eigenvalue weighted by Gasteiger charge is -2.06. The molecular formula is C14H18N2O2. The monoisotopic (exact) mass is 246 g/mol. The molecular weight excluding hydrogens is 228 g/mol. The van der Waals surface area contributed by atoms with Gasteiger partial charge in [-0.15, -0.1) is 0 Å². The van der Waals surface area contributed by atoms with Gasteiger partial charge in [0.2, 0.25) is 5.89 Å². The van der Waals surface area contributed by atoms with Gasteiger partial charge in [0.05, 0.1) is 18.8 Å². The molecule has 1 aromatic heterocycles. The largest absolute Gasteiger partial charge is 0.494 e. The maximum atomic E-state index is 5.50. The summed E-state index contributed by atoms with van der Waals surface area (Å²) < 4.78 is 10.9. The van der Waals surface area contributed by atoms with Crippen LogP contribution in [-0.4, -0.2) is 11.6 Å². The zero-order chi connectivity index (χ0) is 13.0. The van der Waals surface area contributed by atoms with Gasteiger partial charge in [-0.05, 0) is 45.0 Å². The van der Waals surface area contributed by atoms with Crippen molar-refractivity contribution in [2.75, 3.05) is 11.9 Å². The maximum absolute atomic E-state index is 5.50. The normalized spacial score (nSPS) is 10.4. The van der Waals surface area contributed by atoms with Crippen LogP contribution in [0.3, 0.4) is 0 Å². The number of benzene rings is 1. The molecule has 0 spiro atoms. The molecule has 0 bridgehead atoms. The third kappa shape index (κ3) is 3.03. The molecule has 96 valence electrons. The molecule has 0 atom stereocenters. The van der Waals surface area contributed by atoms with Gasteiger partial charge in [0, 0.05) is 5.69 Å². The van der Waals surface area contributed by atoms with Crippen LogP contribution in [0.1, 0.15) is 24.3 Å². The van der Waals surface area contributed by atoms with E-state index in [0.717, 1.165) is 22.9 Å². The number of anilines is 1. The maximum Gasteiger partial charge on any atom is 0.213 e. The minimum Gasteiger partial charge on any atom is -0.494 e. The van der Waals surface area contributed by atoms with Crippen molar-refractivity contribution in [1.29, 1.82) is 0 Å². The van der Waals surface area contributed by atoms with E-state index in [2.05, 4.69) is 10.3 Å². The van der Waals surface area contributed by atoms with E-state index in [1.807, 2.05) is 45.0 Å². The molecule has 1 aromatic carbocycles. The molecule has 2 aromatic rings. The first kappa shape index (κ1) is 12.5. The minimum absolute atomic E-state index is 0.586. The fourth-order valence-electron chi connectivity index (χ4n) is 1.63. The zero-order valence-electron chi connectivity index (χ0n) is 11.0. The van der Waals surface area contributed by atoms with Crippen molar-refractivity contribution in [3.63, 3.8) is 0 Å². The van der Waals surface area contributed by atoms with Crippen LogP contribution in [0.25, 0.3) is 0 Å². The average molecular weight is 246 g/mol. The molecule has 2 rings (SSSR count). The van der Waals surface area contributed by atoms with Gasteiger partial charge in [-0.25, -0.2) is 4.98 Å². The lowest BCUT2D eigenvalue weighted by Crippen LogP contribution is -1.99. The van der Waals surface area contributed by atoms with Gasteiger partial charge in [-0.1, -0.05) is 0 Å². The number of nitrogens with zero attached hydrogens (tertiary/aromatic N) is 1. The van der Waals surface area contributed by atoms with Gasteiger partial charge in [0.15, 0.2) is 0 Å². The minimum atomic E-state index is 0.586. The fraction of sp³-hybridized carbons (Fsp3) is 0.357. The summed E-state index contributed by atoms with van der Waals surface area (Å²) in [6.07, 6.45) is 0. The molecule has 0 aliphatic rings. The summed E-state index contributed by atoms with van der Waals surface area (Å²) in [4.78, 5) is 4.32. The van der Waals surface area contributed by atoms with Crippen molar-refractivity contribution < 1.29 is 9.15 Å². The van der Waals surface area contributed by atoms with E-state index in [0.29, 0.717) is 19.0 Å². The van der Waals surface area contributed by atoms with Gasteiger partial charge in [0.25, 0.3) is 0 Å². The Labute approximate surface area is 107 Å². The highest BCUT2D eigenvalue weighted by atomic mass is 16.5. The molecule has 0 aliphatic heterocycles. The second-order valence-electron chi connectivity index (χ2n) is 4.06. The topological polar surface area (TPSA) is 47.3 Å².